The summed E-state index contributed by atoms with van der Waals surface area (Å²) >= 11 is 0. The Hall–Kier alpha value is -1.56. The summed E-state index contributed by atoms with van der Waals surface area (Å²) in [5.74, 6) is 0.487. The Morgan fingerprint density at radius 1 is 1.20 bits per heavy atom. The van der Waals surface area contributed by atoms with Crippen molar-refractivity contribution in [3.05, 3.63) is 29.3 Å². The van der Waals surface area contributed by atoms with E-state index >= 15 is 0 Å². The topological polar surface area (TPSA) is 72.5 Å². The average molecular weight is 299 g/mol. The summed E-state index contributed by atoms with van der Waals surface area (Å²) in [4.78, 5) is 11.5. The second-order valence-corrected chi connectivity index (χ2v) is 7.16. The van der Waals surface area contributed by atoms with Crippen LogP contribution in [0.4, 0.5) is 0 Å². The fourth-order valence-corrected chi connectivity index (χ4v) is 2.21. The van der Waals surface area contributed by atoms with Gasteiger partial charge in [0.05, 0.1) is 18.8 Å². The monoisotopic (exact) mass is 299 g/mol. The predicted octanol–water partition coefficient (Wildman–Crippen LogP) is 1.23. The quantitative estimate of drug-likeness (QED) is 0.822. The molecule has 1 rings (SSSR count). The highest BCUT2D eigenvalue weighted by Crippen LogP contribution is 2.16. The number of amides is 1. The van der Waals surface area contributed by atoms with Crippen LogP contribution < -0.4 is 10.1 Å². The molecule has 1 aromatic carbocycles. The zero-order valence-corrected chi connectivity index (χ0v) is 12.9. The van der Waals surface area contributed by atoms with Gasteiger partial charge < -0.3 is 10.1 Å². The number of ether oxygens (including phenoxy) is 1. The maximum absolute atomic E-state index is 11.5. The molecule has 0 radical (unpaired) electrons. The Balaban J connectivity index is 2.28. The summed E-state index contributed by atoms with van der Waals surface area (Å²) in [5, 5.41) is 2.55. The number of nitrogens with one attached hydrogen (secondary N) is 1. The van der Waals surface area contributed by atoms with Crippen molar-refractivity contribution < 1.29 is 17.9 Å². The lowest BCUT2D eigenvalue weighted by Crippen LogP contribution is -2.29. The van der Waals surface area contributed by atoms with Gasteiger partial charge in [-0.2, -0.15) is 0 Å². The first-order valence-corrected chi connectivity index (χ1v) is 8.48. The zero-order chi connectivity index (χ0) is 15.2. The lowest BCUT2D eigenvalue weighted by Gasteiger charge is -2.08. The van der Waals surface area contributed by atoms with Gasteiger partial charge in [0, 0.05) is 12.8 Å². The molecule has 1 amide bonds. The van der Waals surface area contributed by atoms with Gasteiger partial charge >= 0.3 is 0 Å². The number of rotatable bonds is 7. The number of carbonyl (C=O) groups excluding carboxylic acids is 1. The molecule has 0 aliphatic rings. The molecular weight excluding hydrogens is 278 g/mol. The SMILES string of the molecule is Cc1cc(C)cc(OCCC(=O)NCCS(C)(=O)=O)c1. The van der Waals surface area contributed by atoms with Gasteiger partial charge in [0.25, 0.3) is 0 Å². The molecule has 0 unspecified atom stereocenters. The van der Waals surface area contributed by atoms with Crippen LogP contribution in [0.2, 0.25) is 0 Å². The summed E-state index contributed by atoms with van der Waals surface area (Å²) in [6, 6.07) is 5.87. The Labute approximate surface area is 120 Å². The third kappa shape index (κ3) is 7.13. The molecule has 0 atom stereocenters. The van der Waals surface area contributed by atoms with Gasteiger partial charge in [0.1, 0.15) is 15.6 Å². The van der Waals surface area contributed by atoms with Crippen molar-refractivity contribution in [3.8, 4) is 5.75 Å². The van der Waals surface area contributed by atoms with Crippen LogP contribution in [-0.4, -0.2) is 39.5 Å². The average Bonchev–Trinajstić information content (AvgIpc) is 2.25. The molecule has 0 aliphatic carbocycles. The van der Waals surface area contributed by atoms with E-state index in [0.717, 1.165) is 23.1 Å². The summed E-state index contributed by atoms with van der Waals surface area (Å²) in [5.41, 5.74) is 2.22. The standard InChI is InChI=1S/C14H21NO4S/c1-11-8-12(2)10-13(9-11)19-6-4-14(16)15-5-7-20(3,17)18/h8-10H,4-7H2,1-3H3,(H,15,16). The van der Waals surface area contributed by atoms with Crippen LogP contribution in [0.5, 0.6) is 5.75 Å². The fraction of sp³-hybridized carbons (Fsp3) is 0.500. The van der Waals surface area contributed by atoms with E-state index in [0.29, 0.717) is 0 Å². The van der Waals surface area contributed by atoms with E-state index < -0.39 is 9.84 Å². The van der Waals surface area contributed by atoms with E-state index in [1.54, 1.807) is 0 Å². The number of aryl methyl sites for hydroxylation is 2. The van der Waals surface area contributed by atoms with Crippen LogP contribution in [0.15, 0.2) is 18.2 Å². The first-order chi connectivity index (χ1) is 9.26. The van der Waals surface area contributed by atoms with Gasteiger partial charge in [0.2, 0.25) is 5.91 Å². The number of benzene rings is 1. The van der Waals surface area contributed by atoms with Crippen LogP contribution in [0.3, 0.4) is 0 Å². The van der Waals surface area contributed by atoms with Crippen LogP contribution in [0.25, 0.3) is 0 Å². The fourth-order valence-electron chi connectivity index (χ4n) is 1.74. The molecule has 0 bridgehead atoms. The molecule has 20 heavy (non-hydrogen) atoms. The lowest BCUT2D eigenvalue weighted by atomic mass is 10.1. The van der Waals surface area contributed by atoms with Crippen LogP contribution in [-0.2, 0) is 14.6 Å². The van der Waals surface area contributed by atoms with E-state index in [2.05, 4.69) is 5.32 Å². The maximum atomic E-state index is 11.5. The van der Waals surface area contributed by atoms with Crippen molar-refractivity contribution in [1.29, 1.82) is 0 Å². The summed E-state index contributed by atoms with van der Waals surface area (Å²) < 4.78 is 27.3. The molecule has 0 aromatic heterocycles. The second-order valence-electron chi connectivity index (χ2n) is 4.90. The number of sulfone groups is 1. The Kier molecular flexibility index (Phi) is 6.01. The summed E-state index contributed by atoms with van der Waals surface area (Å²) in [6.45, 7) is 4.38. The molecule has 5 nitrogen and oxygen atoms in total. The smallest absolute Gasteiger partial charge is 0.223 e. The first kappa shape index (κ1) is 16.5. The first-order valence-electron chi connectivity index (χ1n) is 6.42. The van der Waals surface area contributed by atoms with Crippen molar-refractivity contribution in [2.45, 2.75) is 20.3 Å². The van der Waals surface area contributed by atoms with Gasteiger partial charge in [0.15, 0.2) is 0 Å². The van der Waals surface area contributed by atoms with Crippen LogP contribution in [0, 0.1) is 13.8 Å². The highest BCUT2D eigenvalue weighted by atomic mass is 32.2. The molecule has 6 heteroatoms. The Bertz CT molecular complexity index is 546. The number of hydrogen-bond acceptors (Lipinski definition) is 4. The van der Waals surface area contributed by atoms with E-state index in [1.807, 2.05) is 32.0 Å². The minimum atomic E-state index is -3.04. The molecule has 0 fully saturated rings. The number of hydrogen-bond donors (Lipinski definition) is 1. The minimum Gasteiger partial charge on any atom is -0.493 e. The second kappa shape index (κ2) is 7.28. The third-order valence-corrected chi connectivity index (χ3v) is 3.53. The van der Waals surface area contributed by atoms with E-state index in [4.69, 9.17) is 4.74 Å². The number of carbonyl (C=O) groups is 1. The van der Waals surface area contributed by atoms with Gasteiger partial charge in [-0.15, -0.1) is 0 Å². The molecular formula is C14H21NO4S. The summed E-state index contributed by atoms with van der Waals surface area (Å²) in [6.07, 6.45) is 1.35. The highest BCUT2D eigenvalue weighted by Gasteiger charge is 2.05. The molecule has 0 heterocycles. The predicted molar refractivity (Wildman–Crippen MR) is 78.7 cm³/mol. The molecule has 0 saturated heterocycles. The van der Waals surface area contributed by atoms with Gasteiger partial charge in [-0.05, 0) is 37.1 Å². The zero-order valence-electron chi connectivity index (χ0n) is 12.1. The molecule has 0 spiro atoms. The van der Waals surface area contributed by atoms with Gasteiger partial charge in [-0.1, -0.05) is 6.07 Å². The lowest BCUT2D eigenvalue weighted by molar-refractivity contribution is -0.121. The van der Waals surface area contributed by atoms with Gasteiger partial charge in [-0.25, -0.2) is 8.42 Å². The molecule has 0 aliphatic heterocycles. The van der Waals surface area contributed by atoms with E-state index in [1.165, 1.54) is 0 Å². The molecule has 112 valence electrons. The van der Waals surface area contributed by atoms with Crippen LogP contribution >= 0.6 is 0 Å². The maximum Gasteiger partial charge on any atom is 0.223 e. The van der Waals surface area contributed by atoms with Crippen molar-refractivity contribution in [3.63, 3.8) is 0 Å². The van der Waals surface area contributed by atoms with Crippen molar-refractivity contribution in [1.82, 2.24) is 5.32 Å². The van der Waals surface area contributed by atoms with E-state index in [-0.39, 0.29) is 31.2 Å². The Morgan fingerprint density at radius 2 is 1.80 bits per heavy atom. The van der Waals surface area contributed by atoms with Gasteiger partial charge in [-0.3, -0.25) is 4.79 Å². The normalized spacial score (nSPS) is 11.2. The molecule has 1 aromatic rings. The third-order valence-electron chi connectivity index (χ3n) is 2.59. The minimum absolute atomic E-state index is 0.0450. The molecule has 0 saturated carbocycles. The highest BCUT2D eigenvalue weighted by molar-refractivity contribution is 7.90. The Morgan fingerprint density at radius 3 is 2.35 bits per heavy atom. The van der Waals surface area contributed by atoms with Crippen molar-refractivity contribution in [2.75, 3.05) is 25.2 Å². The van der Waals surface area contributed by atoms with Crippen molar-refractivity contribution >= 4 is 15.7 Å². The van der Waals surface area contributed by atoms with Crippen molar-refractivity contribution in [2.24, 2.45) is 0 Å². The largest absolute Gasteiger partial charge is 0.493 e. The van der Waals surface area contributed by atoms with Crippen LogP contribution in [0.1, 0.15) is 17.5 Å². The molecule has 1 N–H and O–H groups in total. The summed E-state index contributed by atoms with van der Waals surface area (Å²) in [7, 11) is -3.04. The van der Waals surface area contributed by atoms with E-state index in [9.17, 15) is 13.2 Å².